The summed E-state index contributed by atoms with van der Waals surface area (Å²) in [6, 6.07) is 23.4. The zero-order valence-electron chi connectivity index (χ0n) is 20.8. The molecule has 0 aliphatic carbocycles. The Labute approximate surface area is 220 Å². The zero-order valence-corrected chi connectivity index (χ0v) is 21.6. The van der Waals surface area contributed by atoms with Gasteiger partial charge in [0.2, 0.25) is 0 Å². The van der Waals surface area contributed by atoms with Gasteiger partial charge in [-0.05, 0) is 54.1 Å². The Morgan fingerprint density at radius 3 is 2.43 bits per heavy atom. The second-order valence-corrected chi connectivity index (χ2v) is 9.41. The van der Waals surface area contributed by atoms with Crippen LogP contribution >= 0.6 is 11.8 Å². The van der Waals surface area contributed by atoms with Crippen molar-refractivity contribution < 1.29 is 19.0 Å². The summed E-state index contributed by atoms with van der Waals surface area (Å²) in [6.45, 7) is 2.40. The highest BCUT2D eigenvalue weighted by atomic mass is 32.2. The topological polar surface area (TPSA) is 78.7 Å². The van der Waals surface area contributed by atoms with E-state index >= 15 is 0 Å². The van der Waals surface area contributed by atoms with Gasteiger partial charge in [0, 0.05) is 35.7 Å². The number of aromatic nitrogens is 3. The van der Waals surface area contributed by atoms with E-state index in [1.165, 1.54) is 0 Å². The van der Waals surface area contributed by atoms with Gasteiger partial charge in [0.05, 0.1) is 27.4 Å². The molecule has 0 N–H and O–H groups in total. The fraction of sp³-hybridized carbons (Fsp3) is 0.250. The molecule has 1 aliphatic rings. The fourth-order valence-electron chi connectivity index (χ4n) is 4.17. The molecule has 1 aliphatic heterocycles. The lowest BCUT2D eigenvalue weighted by molar-refractivity contribution is 0.0303. The second-order valence-electron chi connectivity index (χ2n) is 8.47. The first-order valence-electron chi connectivity index (χ1n) is 12.0. The molecular formula is C28H28N4O4S. The molecule has 4 aromatic rings. The highest BCUT2D eigenvalue weighted by Crippen LogP contribution is 2.32. The lowest BCUT2D eigenvalue weighted by Gasteiger charge is -2.27. The maximum atomic E-state index is 12.9. The van der Waals surface area contributed by atoms with Crippen LogP contribution in [0.5, 0.6) is 11.5 Å². The molecule has 1 fully saturated rings. The molecule has 3 aromatic carbocycles. The van der Waals surface area contributed by atoms with E-state index in [1.807, 2.05) is 82.3 Å². The van der Waals surface area contributed by atoms with Crippen LogP contribution in [0.1, 0.15) is 15.9 Å². The number of carbonyl (C=O) groups excluding carboxylic acids is 1. The third kappa shape index (κ3) is 5.63. The van der Waals surface area contributed by atoms with Gasteiger partial charge in [0.25, 0.3) is 5.91 Å². The Balaban J connectivity index is 1.43. The number of amides is 1. The molecule has 0 radical (unpaired) electrons. The number of benzene rings is 3. The first kappa shape index (κ1) is 24.9. The van der Waals surface area contributed by atoms with E-state index in [-0.39, 0.29) is 5.91 Å². The van der Waals surface area contributed by atoms with Gasteiger partial charge in [-0.15, -0.1) is 10.2 Å². The number of hydrogen-bond acceptors (Lipinski definition) is 7. The van der Waals surface area contributed by atoms with Crippen LogP contribution in [0.15, 0.2) is 78.0 Å². The number of ether oxygens (including phenoxy) is 3. The lowest BCUT2D eigenvalue weighted by Crippen LogP contribution is -2.40. The Morgan fingerprint density at radius 1 is 0.919 bits per heavy atom. The third-order valence-electron chi connectivity index (χ3n) is 6.13. The zero-order chi connectivity index (χ0) is 25.6. The van der Waals surface area contributed by atoms with E-state index in [2.05, 4.69) is 10.2 Å². The summed E-state index contributed by atoms with van der Waals surface area (Å²) >= 11 is 1.57. The van der Waals surface area contributed by atoms with Crippen LogP contribution in [0.3, 0.4) is 0 Å². The van der Waals surface area contributed by atoms with E-state index in [0.29, 0.717) is 43.4 Å². The van der Waals surface area contributed by atoms with E-state index in [0.717, 1.165) is 33.5 Å². The van der Waals surface area contributed by atoms with Gasteiger partial charge < -0.3 is 19.1 Å². The highest BCUT2D eigenvalue weighted by Gasteiger charge is 2.20. The molecule has 0 saturated carbocycles. The summed E-state index contributed by atoms with van der Waals surface area (Å²) < 4.78 is 18.2. The van der Waals surface area contributed by atoms with Gasteiger partial charge in [0.15, 0.2) is 11.0 Å². The van der Waals surface area contributed by atoms with Crippen molar-refractivity contribution in [3.05, 3.63) is 83.9 Å². The summed E-state index contributed by atoms with van der Waals surface area (Å²) in [5, 5.41) is 9.80. The van der Waals surface area contributed by atoms with Crippen LogP contribution in [-0.2, 0) is 10.5 Å². The van der Waals surface area contributed by atoms with Crippen LogP contribution in [0.4, 0.5) is 0 Å². The monoisotopic (exact) mass is 516 g/mol. The first-order chi connectivity index (χ1) is 18.2. The van der Waals surface area contributed by atoms with E-state index < -0.39 is 0 Å². The number of hydrogen-bond donors (Lipinski definition) is 0. The molecule has 5 rings (SSSR count). The van der Waals surface area contributed by atoms with Crippen molar-refractivity contribution in [1.29, 1.82) is 0 Å². The number of morpholine rings is 1. The second kappa shape index (κ2) is 11.5. The van der Waals surface area contributed by atoms with Crippen LogP contribution in [0.2, 0.25) is 0 Å². The maximum absolute atomic E-state index is 12.9. The molecule has 2 heterocycles. The molecule has 8 nitrogen and oxygen atoms in total. The number of carbonyl (C=O) groups is 1. The number of rotatable bonds is 8. The van der Waals surface area contributed by atoms with Gasteiger partial charge in [-0.2, -0.15) is 0 Å². The van der Waals surface area contributed by atoms with Crippen LogP contribution < -0.4 is 9.47 Å². The van der Waals surface area contributed by atoms with Gasteiger partial charge in [-0.3, -0.25) is 9.36 Å². The van der Waals surface area contributed by atoms with Crippen molar-refractivity contribution in [3.8, 4) is 28.6 Å². The van der Waals surface area contributed by atoms with Crippen molar-refractivity contribution in [1.82, 2.24) is 19.7 Å². The summed E-state index contributed by atoms with van der Waals surface area (Å²) in [6.07, 6.45) is 0. The van der Waals surface area contributed by atoms with Crippen molar-refractivity contribution in [2.24, 2.45) is 0 Å². The highest BCUT2D eigenvalue weighted by molar-refractivity contribution is 7.98. The molecule has 0 unspecified atom stereocenters. The van der Waals surface area contributed by atoms with Gasteiger partial charge >= 0.3 is 0 Å². The number of nitrogens with zero attached hydrogens (tertiary/aromatic N) is 4. The average Bonchev–Trinajstić information content (AvgIpc) is 3.40. The van der Waals surface area contributed by atoms with Gasteiger partial charge in [0.1, 0.15) is 11.5 Å². The van der Waals surface area contributed by atoms with Crippen molar-refractivity contribution in [3.63, 3.8) is 0 Å². The van der Waals surface area contributed by atoms with Crippen molar-refractivity contribution in [2.75, 3.05) is 40.5 Å². The molecule has 9 heteroatoms. The molecule has 0 spiro atoms. The van der Waals surface area contributed by atoms with Crippen LogP contribution in [0.25, 0.3) is 17.1 Å². The average molecular weight is 517 g/mol. The number of methoxy groups -OCH3 is 2. The molecule has 1 aromatic heterocycles. The lowest BCUT2D eigenvalue weighted by atomic mass is 10.1. The van der Waals surface area contributed by atoms with E-state index in [4.69, 9.17) is 14.2 Å². The predicted octanol–water partition coefficient (Wildman–Crippen LogP) is 4.72. The largest absolute Gasteiger partial charge is 0.497 e. The Hall–Kier alpha value is -3.82. The Morgan fingerprint density at radius 2 is 1.68 bits per heavy atom. The van der Waals surface area contributed by atoms with E-state index in [9.17, 15) is 4.79 Å². The summed E-state index contributed by atoms with van der Waals surface area (Å²) in [7, 11) is 3.29. The van der Waals surface area contributed by atoms with Crippen LogP contribution in [-0.4, -0.2) is 66.1 Å². The predicted molar refractivity (Wildman–Crippen MR) is 143 cm³/mol. The normalized spacial score (nSPS) is 13.4. The minimum atomic E-state index is 0.0388. The quantitative estimate of drug-likeness (QED) is 0.314. The van der Waals surface area contributed by atoms with E-state index in [1.54, 1.807) is 26.0 Å². The van der Waals surface area contributed by atoms with Crippen LogP contribution in [0, 0.1) is 0 Å². The van der Waals surface area contributed by atoms with Gasteiger partial charge in [-0.25, -0.2) is 0 Å². The maximum Gasteiger partial charge on any atom is 0.254 e. The first-order valence-corrected chi connectivity index (χ1v) is 13.0. The summed E-state index contributed by atoms with van der Waals surface area (Å²) in [5.41, 5.74) is 3.54. The number of thioether (sulfide) groups is 1. The van der Waals surface area contributed by atoms with Gasteiger partial charge in [-0.1, -0.05) is 36.0 Å². The fourth-order valence-corrected chi connectivity index (χ4v) is 5.06. The molecule has 1 saturated heterocycles. The minimum Gasteiger partial charge on any atom is -0.497 e. The standard InChI is InChI=1S/C28H28N4O4S/c1-34-24-11-9-23(10-12-24)32-26(21-6-4-8-25(18-21)35-2)29-30-28(32)37-19-20-5-3-7-22(17-20)27(33)31-13-15-36-16-14-31/h3-12,17-18H,13-16,19H2,1-2H3. The molecule has 0 bridgehead atoms. The molecular weight excluding hydrogens is 488 g/mol. The van der Waals surface area contributed by atoms with Crippen molar-refractivity contribution in [2.45, 2.75) is 10.9 Å². The molecule has 0 atom stereocenters. The smallest absolute Gasteiger partial charge is 0.254 e. The SMILES string of the molecule is COc1ccc(-n2c(SCc3cccc(C(=O)N4CCOCC4)c3)nnc2-c2cccc(OC)c2)cc1. The van der Waals surface area contributed by atoms with Crippen molar-refractivity contribution >= 4 is 17.7 Å². The Bertz CT molecular complexity index is 1370. The third-order valence-corrected chi connectivity index (χ3v) is 7.13. The minimum absolute atomic E-state index is 0.0388. The summed E-state index contributed by atoms with van der Waals surface area (Å²) in [5.74, 6) is 2.91. The summed E-state index contributed by atoms with van der Waals surface area (Å²) in [4.78, 5) is 14.8. The molecule has 1 amide bonds. The Kier molecular flexibility index (Phi) is 7.72. The molecule has 190 valence electrons. The molecule has 37 heavy (non-hydrogen) atoms.